The van der Waals surface area contributed by atoms with Crippen molar-refractivity contribution in [2.24, 2.45) is 5.92 Å². The molecule has 1 fully saturated rings. The number of rotatable bonds is 4. The number of benzene rings is 1. The Bertz CT molecular complexity index is 510. The van der Waals surface area contributed by atoms with Crippen molar-refractivity contribution in [1.29, 1.82) is 0 Å². The molecule has 1 aliphatic heterocycles. The molecule has 6 heteroatoms. The molecule has 1 aromatic carbocycles. The summed E-state index contributed by atoms with van der Waals surface area (Å²) in [6.07, 6.45) is 0.936. The zero-order valence-electron chi connectivity index (χ0n) is 11.3. The number of ether oxygens (including phenoxy) is 1. The van der Waals surface area contributed by atoms with Crippen molar-refractivity contribution in [3.8, 4) is 0 Å². The number of amides is 2. The Kier molecular flexibility index (Phi) is 4.57. The average molecular weight is 278 g/mol. The Labute approximate surface area is 117 Å². The van der Waals surface area contributed by atoms with Crippen LogP contribution in [0.15, 0.2) is 18.2 Å². The summed E-state index contributed by atoms with van der Waals surface area (Å²) in [6, 6.07) is 4.48. The zero-order valence-corrected chi connectivity index (χ0v) is 11.3. The van der Waals surface area contributed by atoms with Crippen molar-refractivity contribution in [3.05, 3.63) is 29.3 Å². The van der Waals surface area contributed by atoms with Crippen molar-refractivity contribution in [3.63, 3.8) is 0 Å². The first kappa shape index (κ1) is 14.3. The number of carbonyl (C=O) groups is 2. The molecule has 0 saturated carbocycles. The van der Waals surface area contributed by atoms with E-state index in [-0.39, 0.29) is 5.56 Å². The van der Waals surface area contributed by atoms with E-state index in [9.17, 15) is 9.59 Å². The van der Waals surface area contributed by atoms with Crippen LogP contribution < -0.4 is 10.6 Å². The largest absolute Gasteiger partial charge is 0.478 e. The van der Waals surface area contributed by atoms with Crippen LogP contribution in [0.5, 0.6) is 0 Å². The van der Waals surface area contributed by atoms with Crippen LogP contribution in [0.2, 0.25) is 0 Å². The third-order valence-corrected chi connectivity index (χ3v) is 3.32. The van der Waals surface area contributed by atoms with E-state index < -0.39 is 12.0 Å². The number of hydrogen-bond acceptors (Lipinski definition) is 3. The van der Waals surface area contributed by atoms with Crippen molar-refractivity contribution in [1.82, 2.24) is 5.32 Å². The summed E-state index contributed by atoms with van der Waals surface area (Å²) in [5, 5.41) is 14.5. The summed E-state index contributed by atoms with van der Waals surface area (Å²) in [5.74, 6) is -0.732. The Morgan fingerprint density at radius 3 is 2.90 bits per heavy atom. The number of aromatic carboxylic acids is 1. The lowest BCUT2D eigenvalue weighted by Crippen LogP contribution is -2.33. The van der Waals surface area contributed by atoms with Gasteiger partial charge in [-0.05, 0) is 25.0 Å². The first-order valence-electron chi connectivity index (χ1n) is 6.53. The molecule has 20 heavy (non-hydrogen) atoms. The predicted molar refractivity (Wildman–Crippen MR) is 74.1 cm³/mol. The number of anilines is 1. The molecule has 0 spiro atoms. The summed E-state index contributed by atoms with van der Waals surface area (Å²) in [6.45, 7) is 3.67. The highest BCUT2D eigenvalue weighted by atomic mass is 16.5. The van der Waals surface area contributed by atoms with E-state index in [1.165, 1.54) is 6.07 Å². The number of aryl methyl sites for hydroxylation is 1. The predicted octanol–water partition coefficient (Wildman–Crippen LogP) is 1.85. The third kappa shape index (κ3) is 3.48. The van der Waals surface area contributed by atoms with Crippen LogP contribution in [0.25, 0.3) is 0 Å². The topological polar surface area (TPSA) is 87.7 Å². The number of carboxylic acid groups (broad SMARTS) is 1. The van der Waals surface area contributed by atoms with Gasteiger partial charge in [0.1, 0.15) is 0 Å². The lowest BCUT2D eigenvalue weighted by molar-refractivity contribution is 0.0698. The number of carboxylic acids is 1. The molecule has 6 nitrogen and oxygen atoms in total. The highest BCUT2D eigenvalue weighted by molar-refractivity contribution is 6.00. The molecule has 0 radical (unpaired) electrons. The normalized spacial score (nSPS) is 17.8. The Hall–Kier alpha value is -2.08. The molecule has 1 heterocycles. The molecule has 1 saturated heterocycles. The second kappa shape index (κ2) is 6.38. The van der Waals surface area contributed by atoms with Gasteiger partial charge in [-0.3, -0.25) is 0 Å². The van der Waals surface area contributed by atoms with E-state index >= 15 is 0 Å². The van der Waals surface area contributed by atoms with E-state index in [4.69, 9.17) is 9.84 Å². The molecule has 0 aromatic heterocycles. The summed E-state index contributed by atoms with van der Waals surface area (Å²) in [4.78, 5) is 23.0. The number of carbonyl (C=O) groups excluding carboxylic acids is 1. The molecule has 1 atom stereocenters. The van der Waals surface area contributed by atoms with Crippen LogP contribution in [-0.2, 0) is 4.74 Å². The van der Waals surface area contributed by atoms with Gasteiger partial charge in [-0.15, -0.1) is 0 Å². The number of para-hydroxylation sites is 1. The van der Waals surface area contributed by atoms with E-state index in [1.54, 1.807) is 19.1 Å². The molecule has 3 N–H and O–H groups in total. The van der Waals surface area contributed by atoms with Gasteiger partial charge in [-0.2, -0.15) is 0 Å². The second-order valence-electron chi connectivity index (χ2n) is 4.87. The maximum absolute atomic E-state index is 11.8. The fourth-order valence-electron chi connectivity index (χ4n) is 2.15. The Balaban J connectivity index is 1.98. The maximum Gasteiger partial charge on any atom is 0.337 e. The van der Waals surface area contributed by atoms with E-state index in [0.717, 1.165) is 13.0 Å². The number of urea groups is 1. The lowest BCUT2D eigenvalue weighted by atomic mass is 10.1. The molecule has 2 rings (SSSR count). The van der Waals surface area contributed by atoms with Crippen LogP contribution in [0.4, 0.5) is 10.5 Å². The monoisotopic (exact) mass is 278 g/mol. The fourth-order valence-corrected chi connectivity index (χ4v) is 2.15. The van der Waals surface area contributed by atoms with E-state index in [0.29, 0.717) is 30.3 Å². The molecule has 108 valence electrons. The van der Waals surface area contributed by atoms with Crippen LogP contribution in [-0.4, -0.2) is 36.9 Å². The van der Waals surface area contributed by atoms with E-state index in [2.05, 4.69) is 10.6 Å². The quantitative estimate of drug-likeness (QED) is 0.784. The lowest BCUT2D eigenvalue weighted by Gasteiger charge is -2.14. The third-order valence-electron chi connectivity index (χ3n) is 3.32. The molecule has 2 amide bonds. The van der Waals surface area contributed by atoms with Gasteiger partial charge in [-0.1, -0.05) is 12.1 Å². The van der Waals surface area contributed by atoms with Crippen LogP contribution >= 0.6 is 0 Å². The number of nitrogens with one attached hydrogen (secondary N) is 2. The molecule has 1 aromatic rings. The minimum Gasteiger partial charge on any atom is -0.478 e. The molecule has 1 unspecified atom stereocenters. The van der Waals surface area contributed by atoms with Crippen LogP contribution in [0.3, 0.4) is 0 Å². The summed E-state index contributed by atoms with van der Waals surface area (Å²) >= 11 is 0. The molecule has 0 aliphatic carbocycles. The molecule has 0 bridgehead atoms. The fraction of sp³-hybridized carbons (Fsp3) is 0.429. The van der Waals surface area contributed by atoms with Gasteiger partial charge >= 0.3 is 12.0 Å². The highest BCUT2D eigenvalue weighted by Crippen LogP contribution is 2.20. The second-order valence-corrected chi connectivity index (χ2v) is 4.87. The highest BCUT2D eigenvalue weighted by Gasteiger charge is 2.18. The first-order chi connectivity index (χ1) is 9.58. The minimum absolute atomic E-state index is 0.0874. The van der Waals surface area contributed by atoms with Crippen LogP contribution in [0.1, 0.15) is 22.3 Å². The van der Waals surface area contributed by atoms with E-state index in [1.807, 2.05) is 0 Å². The van der Waals surface area contributed by atoms with Crippen molar-refractivity contribution in [2.45, 2.75) is 13.3 Å². The summed E-state index contributed by atoms with van der Waals surface area (Å²) in [7, 11) is 0. The van der Waals surface area contributed by atoms with Gasteiger partial charge in [0.15, 0.2) is 0 Å². The Morgan fingerprint density at radius 2 is 2.25 bits per heavy atom. The van der Waals surface area contributed by atoms with Crippen molar-refractivity contribution >= 4 is 17.7 Å². The van der Waals surface area contributed by atoms with Gasteiger partial charge in [-0.25, -0.2) is 9.59 Å². The zero-order chi connectivity index (χ0) is 14.5. The van der Waals surface area contributed by atoms with Gasteiger partial charge < -0.3 is 20.5 Å². The minimum atomic E-state index is -1.06. The van der Waals surface area contributed by atoms with Crippen molar-refractivity contribution in [2.75, 3.05) is 25.1 Å². The van der Waals surface area contributed by atoms with Gasteiger partial charge in [0.2, 0.25) is 0 Å². The van der Waals surface area contributed by atoms with Crippen LogP contribution in [0, 0.1) is 12.8 Å². The summed E-state index contributed by atoms with van der Waals surface area (Å²) in [5.41, 5.74) is 1.13. The Morgan fingerprint density at radius 1 is 1.45 bits per heavy atom. The smallest absolute Gasteiger partial charge is 0.337 e. The van der Waals surface area contributed by atoms with Gasteiger partial charge in [0, 0.05) is 19.1 Å². The molecular formula is C14H18N2O4. The maximum atomic E-state index is 11.8. The summed E-state index contributed by atoms with van der Waals surface area (Å²) < 4.78 is 5.23. The van der Waals surface area contributed by atoms with Gasteiger partial charge in [0.25, 0.3) is 0 Å². The molecular weight excluding hydrogens is 260 g/mol. The van der Waals surface area contributed by atoms with Gasteiger partial charge in [0.05, 0.1) is 17.9 Å². The SMILES string of the molecule is Cc1cccc(C(=O)O)c1NC(=O)NCC1CCOC1. The number of hydrogen-bond donors (Lipinski definition) is 3. The first-order valence-corrected chi connectivity index (χ1v) is 6.53. The molecule has 1 aliphatic rings. The average Bonchev–Trinajstić information content (AvgIpc) is 2.91. The van der Waals surface area contributed by atoms with Crippen molar-refractivity contribution < 1.29 is 19.4 Å². The standard InChI is InChI=1S/C14H18N2O4/c1-9-3-2-4-11(13(17)18)12(9)16-14(19)15-7-10-5-6-20-8-10/h2-4,10H,5-8H2,1H3,(H,17,18)(H2,15,16,19).